The number of carboxylic acids is 3. The van der Waals surface area contributed by atoms with Crippen LogP contribution in [0.4, 0.5) is 0 Å². The Labute approximate surface area is 142 Å². The molecule has 0 bridgehead atoms. The highest BCUT2D eigenvalue weighted by atomic mass is 16.5. The van der Waals surface area contributed by atoms with E-state index in [0.29, 0.717) is 6.42 Å². The third-order valence-corrected chi connectivity index (χ3v) is 4.69. The van der Waals surface area contributed by atoms with E-state index in [1.54, 1.807) is 0 Å². The summed E-state index contributed by atoms with van der Waals surface area (Å²) in [6.07, 6.45) is 3.84. The molecule has 8 nitrogen and oxygen atoms in total. The van der Waals surface area contributed by atoms with Gasteiger partial charge in [0.2, 0.25) is 5.76 Å². The number of carbonyl (C=O) groups is 3. The molecule has 2 unspecified atom stereocenters. The van der Waals surface area contributed by atoms with Gasteiger partial charge in [-0.25, -0.2) is 19.4 Å². The molecule has 1 aromatic rings. The predicted molar refractivity (Wildman–Crippen MR) is 84.2 cm³/mol. The highest BCUT2D eigenvalue weighted by molar-refractivity contribution is 6.00. The minimum Gasteiger partial charge on any atom is -0.483 e. The van der Waals surface area contributed by atoms with Gasteiger partial charge >= 0.3 is 17.9 Å². The van der Waals surface area contributed by atoms with Crippen LogP contribution in [0.15, 0.2) is 17.9 Å². The molecule has 1 saturated carbocycles. The molecule has 8 heteroatoms. The van der Waals surface area contributed by atoms with Gasteiger partial charge in [-0.05, 0) is 37.8 Å². The molecule has 3 N–H and O–H groups in total. The second-order valence-electron chi connectivity index (χ2n) is 6.22. The number of aromatic nitrogens is 1. The maximum atomic E-state index is 11.6. The third kappa shape index (κ3) is 3.19. The lowest BCUT2D eigenvalue weighted by molar-refractivity contribution is -0.139. The summed E-state index contributed by atoms with van der Waals surface area (Å²) in [6.45, 7) is 0. The summed E-state index contributed by atoms with van der Waals surface area (Å²) in [7, 11) is 0. The molecule has 1 aliphatic heterocycles. The topological polar surface area (TPSA) is 134 Å². The van der Waals surface area contributed by atoms with Crippen LogP contribution >= 0.6 is 0 Å². The molecule has 1 aliphatic carbocycles. The SMILES string of the molecule is O=C(O)C1=C(c2ccc(C(=O)O)nc2C(=O)O)CC2CCCCC2O1. The fourth-order valence-electron chi connectivity index (χ4n) is 3.54. The zero-order valence-electron chi connectivity index (χ0n) is 13.3. The van der Waals surface area contributed by atoms with E-state index >= 15 is 0 Å². The minimum atomic E-state index is -1.42. The van der Waals surface area contributed by atoms with Gasteiger partial charge in [0.05, 0.1) is 0 Å². The van der Waals surface area contributed by atoms with Gasteiger partial charge in [0, 0.05) is 17.1 Å². The molecule has 0 radical (unpaired) electrons. The summed E-state index contributed by atoms with van der Waals surface area (Å²) in [5, 5.41) is 27.9. The van der Waals surface area contributed by atoms with E-state index in [1.165, 1.54) is 12.1 Å². The molecule has 0 spiro atoms. The number of hydrogen-bond acceptors (Lipinski definition) is 5. The van der Waals surface area contributed by atoms with E-state index in [0.717, 1.165) is 25.7 Å². The van der Waals surface area contributed by atoms with Crippen molar-refractivity contribution in [3.63, 3.8) is 0 Å². The van der Waals surface area contributed by atoms with Crippen LogP contribution in [0, 0.1) is 5.92 Å². The molecule has 0 amide bonds. The number of rotatable bonds is 4. The van der Waals surface area contributed by atoms with Gasteiger partial charge in [0.1, 0.15) is 11.8 Å². The standard InChI is InChI=1S/C17H17NO7/c19-15(20)11-6-5-9(13(18-11)16(21)22)10-7-8-3-1-2-4-12(8)25-14(10)17(23)24/h5-6,8,12H,1-4,7H2,(H,19,20)(H,21,22)(H,23,24). The fourth-order valence-corrected chi connectivity index (χ4v) is 3.54. The molecule has 25 heavy (non-hydrogen) atoms. The maximum absolute atomic E-state index is 11.6. The molecular formula is C17H17NO7. The molecule has 132 valence electrons. The van der Waals surface area contributed by atoms with Crippen molar-refractivity contribution < 1.29 is 34.4 Å². The zero-order chi connectivity index (χ0) is 18.1. The highest BCUT2D eigenvalue weighted by Gasteiger charge is 2.37. The Bertz CT molecular complexity index is 783. The van der Waals surface area contributed by atoms with Crippen LogP contribution in [0.2, 0.25) is 0 Å². The number of allylic oxidation sites excluding steroid dienone is 1. The summed E-state index contributed by atoms with van der Waals surface area (Å²) >= 11 is 0. The Morgan fingerprint density at radius 1 is 1.00 bits per heavy atom. The lowest BCUT2D eigenvalue weighted by Gasteiger charge is -2.37. The van der Waals surface area contributed by atoms with Crippen molar-refractivity contribution in [2.45, 2.75) is 38.2 Å². The first kappa shape index (κ1) is 16.9. The van der Waals surface area contributed by atoms with Crippen LogP contribution in [-0.2, 0) is 9.53 Å². The number of ether oxygens (including phenoxy) is 1. The van der Waals surface area contributed by atoms with Crippen LogP contribution in [-0.4, -0.2) is 44.3 Å². The summed E-state index contributed by atoms with van der Waals surface area (Å²) < 4.78 is 5.67. The van der Waals surface area contributed by atoms with Gasteiger partial charge in [-0.2, -0.15) is 0 Å². The Hall–Kier alpha value is -2.90. The third-order valence-electron chi connectivity index (χ3n) is 4.69. The molecule has 3 rings (SSSR count). The Morgan fingerprint density at radius 2 is 1.72 bits per heavy atom. The van der Waals surface area contributed by atoms with Crippen molar-refractivity contribution in [2.24, 2.45) is 5.92 Å². The average molecular weight is 347 g/mol. The second kappa shape index (κ2) is 6.54. The predicted octanol–water partition coefficient (Wildman–Crippen LogP) is 2.25. The van der Waals surface area contributed by atoms with Crippen molar-refractivity contribution in [3.8, 4) is 0 Å². The van der Waals surface area contributed by atoms with E-state index < -0.39 is 29.3 Å². The van der Waals surface area contributed by atoms with E-state index in [1.807, 2.05) is 0 Å². The van der Waals surface area contributed by atoms with Crippen LogP contribution < -0.4 is 0 Å². The van der Waals surface area contributed by atoms with E-state index in [9.17, 15) is 24.6 Å². The maximum Gasteiger partial charge on any atom is 0.371 e. The molecular weight excluding hydrogens is 330 g/mol. The first-order valence-electron chi connectivity index (χ1n) is 7.99. The number of hydrogen-bond donors (Lipinski definition) is 3. The van der Waals surface area contributed by atoms with Crippen molar-refractivity contribution in [3.05, 3.63) is 34.8 Å². The molecule has 2 atom stereocenters. The minimum absolute atomic E-state index is 0.0962. The highest BCUT2D eigenvalue weighted by Crippen LogP contribution is 2.42. The second-order valence-corrected chi connectivity index (χ2v) is 6.22. The monoisotopic (exact) mass is 347 g/mol. The van der Waals surface area contributed by atoms with Crippen LogP contribution in [0.25, 0.3) is 5.57 Å². The lowest BCUT2D eigenvalue weighted by atomic mass is 9.78. The molecule has 2 aliphatic rings. The number of aliphatic carboxylic acids is 1. The van der Waals surface area contributed by atoms with Crippen LogP contribution in [0.5, 0.6) is 0 Å². The molecule has 0 saturated heterocycles. The van der Waals surface area contributed by atoms with Crippen molar-refractivity contribution in [1.29, 1.82) is 0 Å². The normalized spacial score (nSPS) is 22.7. The van der Waals surface area contributed by atoms with E-state index in [-0.39, 0.29) is 28.9 Å². The summed E-state index contributed by atoms with van der Waals surface area (Å²) in [5.41, 5.74) is -0.534. The lowest BCUT2D eigenvalue weighted by Crippen LogP contribution is -2.33. The fraction of sp³-hybridized carbons (Fsp3) is 0.412. The van der Waals surface area contributed by atoms with Crippen LogP contribution in [0.1, 0.15) is 58.6 Å². The zero-order valence-corrected chi connectivity index (χ0v) is 13.3. The van der Waals surface area contributed by atoms with Crippen molar-refractivity contribution in [1.82, 2.24) is 4.98 Å². The Morgan fingerprint density at radius 3 is 2.36 bits per heavy atom. The van der Waals surface area contributed by atoms with Crippen molar-refractivity contribution in [2.75, 3.05) is 0 Å². The quantitative estimate of drug-likeness (QED) is 0.755. The van der Waals surface area contributed by atoms with Gasteiger partial charge in [-0.3, -0.25) is 0 Å². The summed E-state index contributed by atoms with van der Waals surface area (Å²) in [4.78, 5) is 37.9. The number of fused-ring (bicyclic) bond motifs is 1. The first-order valence-corrected chi connectivity index (χ1v) is 7.99. The number of aromatic carboxylic acids is 2. The average Bonchev–Trinajstić information content (AvgIpc) is 2.59. The van der Waals surface area contributed by atoms with Gasteiger partial charge < -0.3 is 20.1 Å². The van der Waals surface area contributed by atoms with Gasteiger partial charge in [0.15, 0.2) is 5.69 Å². The number of carboxylic acid groups (broad SMARTS) is 3. The van der Waals surface area contributed by atoms with Crippen molar-refractivity contribution >= 4 is 23.5 Å². The molecule has 2 heterocycles. The number of pyridine rings is 1. The van der Waals surface area contributed by atoms with E-state index in [2.05, 4.69) is 4.98 Å². The first-order chi connectivity index (χ1) is 11.9. The van der Waals surface area contributed by atoms with E-state index in [4.69, 9.17) is 9.84 Å². The molecule has 1 aromatic heterocycles. The Kier molecular flexibility index (Phi) is 4.43. The van der Waals surface area contributed by atoms with Gasteiger partial charge in [-0.15, -0.1) is 0 Å². The van der Waals surface area contributed by atoms with Crippen LogP contribution in [0.3, 0.4) is 0 Å². The summed E-state index contributed by atoms with van der Waals surface area (Å²) in [6, 6.07) is 2.47. The smallest absolute Gasteiger partial charge is 0.371 e. The van der Waals surface area contributed by atoms with Gasteiger partial charge in [-0.1, -0.05) is 6.42 Å². The molecule has 1 fully saturated rings. The Balaban J connectivity index is 2.12. The molecule has 0 aromatic carbocycles. The largest absolute Gasteiger partial charge is 0.483 e. The summed E-state index contributed by atoms with van der Waals surface area (Å²) in [5.74, 6) is -4.18. The number of nitrogens with zero attached hydrogens (tertiary/aromatic N) is 1. The van der Waals surface area contributed by atoms with Gasteiger partial charge in [0.25, 0.3) is 0 Å².